The molecular weight excluding hydrogens is 178 g/mol. The molecule has 2 aliphatic rings. The second-order valence-corrected chi connectivity index (χ2v) is 3.80. The first-order valence-corrected chi connectivity index (χ1v) is 5.03. The Morgan fingerprint density at radius 3 is 3.00 bits per heavy atom. The average molecular weight is 191 g/mol. The van der Waals surface area contributed by atoms with Gasteiger partial charge in [0.25, 0.3) is 0 Å². The fourth-order valence-corrected chi connectivity index (χ4v) is 2.25. The van der Waals surface area contributed by atoms with Gasteiger partial charge >= 0.3 is 0 Å². The van der Waals surface area contributed by atoms with Crippen molar-refractivity contribution in [3.8, 4) is 11.5 Å². The van der Waals surface area contributed by atoms with E-state index in [1.54, 1.807) is 0 Å². The zero-order valence-electron chi connectivity index (χ0n) is 7.95. The lowest BCUT2D eigenvalue weighted by atomic mass is 10.1. The molecule has 0 bridgehead atoms. The van der Waals surface area contributed by atoms with Crippen molar-refractivity contribution in [3.05, 3.63) is 23.3 Å². The molecule has 74 valence electrons. The molecular formula is C11H13NO2. The zero-order chi connectivity index (χ0) is 9.54. The molecule has 1 aromatic rings. The maximum Gasteiger partial charge on any atom is 0.164 e. The van der Waals surface area contributed by atoms with Crippen molar-refractivity contribution in [2.75, 3.05) is 13.2 Å². The minimum Gasteiger partial charge on any atom is -0.486 e. The molecule has 0 spiro atoms. The van der Waals surface area contributed by atoms with E-state index in [2.05, 4.69) is 6.07 Å². The van der Waals surface area contributed by atoms with Crippen LogP contribution < -0.4 is 15.2 Å². The highest BCUT2D eigenvalue weighted by atomic mass is 16.6. The number of rotatable bonds is 0. The first-order chi connectivity index (χ1) is 6.86. The van der Waals surface area contributed by atoms with Crippen molar-refractivity contribution < 1.29 is 9.47 Å². The van der Waals surface area contributed by atoms with Crippen LogP contribution in [0.1, 0.15) is 23.6 Å². The summed E-state index contributed by atoms with van der Waals surface area (Å²) in [5, 5.41) is 0. The van der Waals surface area contributed by atoms with Crippen molar-refractivity contribution in [2.24, 2.45) is 5.73 Å². The molecule has 1 aromatic carbocycles. The average Bonchev–Trinajstić information content (AvgIpc) is 2.61. The highest BCUT2D eigenvalue weighted by molar-refractivity contribution is 5.54. The summed E-state index contributed by atoms with van der Waals surface area (Å²) >= 11 is 0. The van der Waals surface area contributed by atoms with Gasteiger partial charge in [0.1, 0.15) is 13.2 Å². The largest absolute Gasteiger partial charge is 0.486 e. The first kappa shape index (κ1) is 8.12. The quantitative estimate of drug-likeness (QED) is 0.674. The van der Waals surface area contributed by atoms with E-state index >= 15 is 0 Å². The number of nitrogens with two attached hydrogens (primary N) is 1. The topological polar surface area (TPSA) is 44.5 Å². The summed E-state index contributed by atoms with van der Waals surface area (Å²) in [6, 6.07) is 4.22. The lowest BCUT2D eigenvalue weighted by Crippen LogP contribution is -2.16. The second-order valence-electron chi connectivity index (χ2n) is 3.80. The molecule has 3 rings (SSSR count). The van der Waals surface area contributed by atoms with Gasteiger partial charge in [-0.3, -0.25) is 0 Å². The number of benzene rings is 1. The van der Waals surface area contributed by atoms with E-state index in [-0.39, 0.29) is 6.04 Å². The van der Waals surface area contributed by atoms with Gasteiger partial charge < -0.3 is 15.2 Å². The third-order valence-corrected chi connectivity index (χ3v) is 2.95. The molecule has 0 fully saturated rings. The first-order valence-electron chi connectivity index (χ1n) is 5.03. The number of fused-ring (bicyclic) bond motifs is 3. The van der Waals surface area contributed by atoms with E-state index in [0.29, 0.717) is 13.2 Å². The molecule has 0 saturated heterocycles. The van der Waals surface area contributed by atoms with E-state index in [9.17, 15) is 0 Å². The van der Waals surface area contributed by atoms with Crippen molar-refractivity contribution in [3.63, 3.8) is 0 Å². The Morgan fingerprint density at radius 1 is 1.21 bits per heavy atom. The van der Waals surface area contributed by atoms with Crippen molar-refractivity contribution in [2.45, 2.75) is 18.9 Å². The monoisotopic (exact) mass is 191 g/mol. The minimum absolute atomic E-state index is 0.181. The molecule has 0 aromatic heterocycles. The molecule has 2 N–H and O–H groups in total. The number of hydrogen-bond donors (Lipinski definition) is 1. The number of ether oxygens (including phenoxy) is 2. The van der Waals surface area contributed by atoms with Crippen LogP contribution in [0.5, 0.6) is 11.5 Å². The van der Waals surface area contributed by atoms with Crippen molar-refractivity contribution in [1.82, 2.24) is 0 Å². The second kappa shape index (κ2) is 2.89. The van der Waals surface area contributed by atoms with Gasteiger partial charge in [0.05, 0.1) is 0 Å². The Labute approximate surface area is 82.8 Å². The van der Waals surface area contributed by atoms with Crippen LogP contribution in [0.3, 0.4) is 0 Å². The maximum atomic E-state index is 5.98. The summed E-state index contributed by atoms with van der Waals surface area (Å²) in [4.78, 5) is 0. The van der Waals surface area contributed by atoms with Gasteiger partial charge in [-0.25, -0.2) is 0 Å². The highest BCUT2D eigenvalue weighted by Gasteiger charge is 2.26. The summed E-state index contributed by atoms with van der Waals surface area (Å²) in [6.07, 6.45) is 2.04. The SMILES string of the molecule is N[C@@H]1CCc2c1ccc1c2OCCO1. The van der Waals surface area contributed by atoms with Crippen LogP contribution in [-0.4, -0.2) is 13.2 Å². The Bertz CT molecular complexity index is 376. The molecule has 3 nitrogen and oxygen atoms in total. The smallest absolute Gasteiger partial charge is 0.164 e. The predicted octanol–water partition coefficient (Wildman–Crippen LogP) is 1.40. The summed E-state index contributed by atoms with van der Waals surface area (Å²) in [5.74, 6) is 1.81. The summed E-state index contributed by atoms with van der Waals surface area (Å²) in [5.41, 5.74) is 8.47. The molecule has 1 heterocycles. The van der Waals surface area contributed by atoms with E-state index in [0.717, 1.165) is 24.3 Å². The fourth-order valence-electron chi connectivity index (χ4n) is 2.25. The molecule has 0 saturated carbocycles. The molecule has 3 heteroatoms. The molecule has 14 heavy (non-hydrogen) atoms. The summed E-state index contributed by atoms with van der Waals surface area (Å²) in [7, 11) is 0. The van der Waals surface area contributed by atoms with Crippen molar-refractivity contribution >= 4 is 0 Å². The van der Waals surface area contributed by atoms with E-state index in [1.807, 2.05) is 6.07 Å². The molecule has 1 atom stereocenters. The van der Waals surface area contributed by atoms with Gasteiger partial charge in [0, 0.05) is 11.6 Å². The Kier molecular flexibility index (Phi) is 1.67. The van der Waals surface area contributed by atoms with Crippen LogP contribution in [0, 0.1) is 0 Å². The maximum absolute atomic E-state index is 5.98. The van der Waals surface area contributed by atoms with Gasteiger partial charge in [-0.15, -0.1) is 0 Å². The van der Waals surface area contributed by atoms with E-state index in [1.165, 1.54) is 11.1 Å². The lowest BCUT2D eigenvalue weighted by Gasteiger charge is -2.21. The molecule has 0 unspecified atom stereocenters. The fraction of sp³-hybridized carbons (Fsp3) is 0.455. The molecule has 1 aliphatic carbocycles. The van der Waals surface area contributed by atoms with Gasteiger partial charge in [-0.2, -0.15) is 0 Å². The summed E-state index contributed by atoms with van der Waals surface area (Å²) < 4.78 is 11.2. The lowest BCUT2D eigenvalue weighted by molar-refractivity contribution is 0.170. The third kappa shape index (κ3) is 1.02. The number of hydrogen-bond acceptors (Lipinski definition) is 3. The zero-order valence-corrected chi connectivity index (χ0v) is 7.95. The highest BCUT2D eigenvalue weighted by Crippen LogP contribution is 2.42. The van der Waals surface area contributed by atoms with Crippen LogP contribution in [0.4, 0.5) is 0 Å². The van der Waals surface area contributed by atoms with Crippen LogP contribution in [0.15, 0.2) is 12.1 Å². The minimum atomic E-state index is 0.181. The molecule has 1 aliphatic heterocycles. The van der Waals surface area contributed by atoms with Crippen LogP contribution in [-0.2, 0) is 6.42 Å². The van der Waals surface area contributed by atoms with Gasteiger partial charge in [0.15, 0.2) is 11.5 Å². The molecule has 0 amide bonds. The van der Waals surface area contributed by atoms with Gasteiger partial charge in [-0.1, -0.05) is 6.07 Å². The Balaban J connectivity index is 2.15. The van der Waals surface area contributed by atoms with Crippen LogP contribution >= 0.6 is 0 Å². The third-order valence-electron chi connectivity index (χ3n) is 2.95. The van der Waals surface area contributed by atoms with Crippen LogP contribution in [0.25, 0.3) is 0 Å². The summed E-state index contributed by atoms with van der Waals surface area (Å²) in [6.45, 7) is 1.30. The van der Waals surface area contributed by atoms with Crippen molar-refractivity contribution in [1.29, 1.82) is 0 Å². The van der Waals surface area contributed by atoms with Gasteiger partial charge in [-0.05, 0) is 24.5 Å². The Hall–Kier alpha value is -1.22. The van der Waals surface area contributed by atoms with E-state index < -0.39 is 0 Å². The molecule has 0 radical (unpaired) electrons. The van der Waals surface area contributed by atoms with Crippen LogP contribution in [0.2, 0.25) is 0 Å². The normalized spacial score (nSPS) is 23.4. The van der Waals surface area contributed by atoms with Gasteiger partial charge in [0.2, 0.25) is 0 Å². The standard InChI is InChI=1S/C11H13NO2/c12-9-3-1-8-7(9)2-4-10-11(8)14-6-5-13-10/h2,4,9H,1,3,5-6,12H2/t9-/m1/s1. The van der Waals surface area contributed by atoms with E-state index in [4.69, 9.17) is 15.2 Å². The Morgan fingerprint density at radius 2 is 2.07 bits per heavy atom. The predicted molar refractivity (Wildman–Crippen MR) is 52.7 cm³/mol.